The van der Waals surface area contributed by atoms with Gasteiger partial charge in [0.1, 0.15) is 11.4 Å². The summed E-state index contributed by atoms with van der Waals surface area (Å²) in [6.45, 7) is 8.17. The Balaban J connectivity index is 1.97. The van der Waals surface area contributed by atoms with Gasteiger partial charge in [0.05, 0.1) is 0 Å². The summed E-state index contributed by atoms with van der Waals surface area (Å²) in [5.41, 5.74) is 0.608. The van der Waals surface area contributed by atoms with Gasteiger partial charge in [-0.05, 0) is 82.7 Å². The van der Waals surface area contributed by atoms with Gasteiger partial charge in [-0.15, -0.1) is 0 Å². The van der Waals surface area contributed by atoms with Gasteiger partial charge in [-0.2, -0.15) is 0 Å². The number of hydrogen-bond acceptors (Lipinski definition) is 3. The Labute approximate surface area is 144 Å². The lowest BCUT2D eigenvalue weighted by molar-refractivity contribution is 0.0510. The topological polar surface area (TPSA) is 50.4 Å². The van der Waals surface area contributed by atoms with Gasteiger partial charge in [0.25, 0.3) is 0 Å². The van der Waals surface area contributed by atoms with Gasteiger partial charge in [-0.3, -0.25) is 0 Å². The standard InChI is InChI=1S/C19H29FN2O2/c1-19(2,3)24-18(23)22-13-16(15-8-10-21-11-9-15)12-14-4-6-17(20)7-5-14/h4-7,15-16,21H,8-13H2,1-3H3,(H,22,23). The number of rotatable bonds is 5. The third-order valence-corrected chi connectivity index (χ3v) is 4.37. The van der Waals surface area contributed by atoms with Crippen molar-refractivity contribution >= 4 is 6.09 Å². The lowest BCUT2D eigenvalue weighted by Crippen LogP contribution is -2.40. The van der Waals surface area contributed by atoms with E-state index in [1.807, 2.05) is 32.9 Å². The summed E-state index contributed by atoms with van der Waals surface area (Å²) < 4.78 is 18.4. The van der Waals surface area contributed by atoms with Crippen LogP contribution in [0.15, 0.2) is 24.3 Å². The Morgan fingerprint density at radius 3 is 2.50 bits per heavy atom. The molecular formula is C19H29FN2O2. The highest BCUT2D eigenvalue weighted by atomic mass is 19.1. The Kier molecular flexibility index (Phi) is 6.60. The molecule has 1 atom stereocenters. The molecule has 0 spiro atoms. The average Bonchev–Trinajstić information content (AvgIpc) is 2.52. The van der Waals surface area contributed by atoms with E-state index in [2.05, 4.69) is 10.6 Å². The zero-order chi connectivity index (χ0) is 17.6. The van der Waals surface area contributed by atoms with Crippen LogP contribution in [0.3, 0.4) is 0 Å². The molecule has 2 N–H and O–H groups in total. The largest absolute Gasteiger partial charge is 0.444 e. The molecule has 0 aliphatic carbocycles. The van der Waals surface area contributed by atoms with Crippen molar-refractivity contribution in [3.8, 4) is 0 Å². The van der Waals surface area contributed by atoms with E-state index in [-0.39, 0.29) is 11.9 Å². The molecule has 5 heteroatoms. The number of alkyl carbamates (subject to hydrolysis) is 1. The predicted molar refractivity (Wildman–Crippen MR) is 93.4 cm³/mol. The van der Waals surface area contributed by atoms with Crippen molar-refractivity contribution in [3.05, 3.63) is 35.6 Å². The molecule has 0 aromatic heterocycles. The molecule has 0 radical (unpaired) electrons. The summed E-state index contributed by atoms with van der Waals surface area (Å²) in [6.07, 6.45) is 2.66. The van der Waals surface area contributed by atoms with Gasteiger partial charge in [0.15, 0.2) is 0 Å². The molecule has 1 saturated heterocycles. The minimum Gasteiger partial charge on any atom is -0.444 e. The molecule has 24 heavy (non-hydrogen) atoms. The monoisotopic (exact) mass is 336 g/mol. The van der Waals surface area contributed by atoms with E-state index < -0.39 is 5.60 Å². The molecule has 1 unspecified atom stereocenters. The Bertz CT molecular complexity index is 519. The van der Waals surface area contributed by atoms with Gasteiger partial charge >= 0.3 is 6.09 Å². The summed E-state index contributed by atoms with van der Waals surface area (Å²) in [4.78, 5) is 11.9. The fourth-order valence-corrected chi connectivity index (χ4v) is 3.17. The zero-order valence-electron chi connectivity index (χ0n) is 14.9. The van der Waals surface area contributed by atoms with Crippen LogP contribution in [0.25, 0.3) is 0 Å². The number of amides is 1. The number of benzene rings is 1. The molecule has 1 aromatic rings. The second kappa shape index (κ2) is 8.47. The number of carbonyl (C=O) groups is 1. The van der Waals surface area contributed by atoms with Crippen molar-refractivity contribution in [2.45, 2.75) is 45.6 Å². The Hall–Kier alpha value is -1.62. The smallest absolute Gasteiger partial charge is 0.407 e. The van der Waals surface area contributed by atoms with Gasteiger partial charge in [-0.25, -0.2) is 9.18 Å². The molecule has 1 amide bonds. The van der Waals surface area contributed by atoms with Crippen LogP contribution >= 0.6 is 0 Å². The highest BCUT2D eigenvalue weighted by molar-refractivity contribution is 5.67. The second-order valence-corrected chi connectivity index (χ2v) is 7.56. The molecule has 1 aliphatic rings. The van der Waals surface area contributed by atoms with Crippen LogP contribution in [0.4, 0.5) is 9.18 Å². The van der Waals surface area contributed by atoms with E-state index in [9.17, 15) is 9.18 Å². The average molecular weight is 336 g/mol. The first-order chi connectivity index (χ1) is 11.3. The van der Waals surface area contributed by atoms with Crippen molar-refractivity contribution in [2.75, 3.05) is 19.6 Å². The molecule has 4 nitrogen and oxygen atoms in total. The molecule has 1 fully saturated rings. The van der Waals surface area contributed by atoms with Crippen LogP contribution in [0.5, 0.6) is 0 Å². The molecule has 134 valence electrons. The summed E-state index contributed by atoms with van der Waals surface area (Å²) in [6, 6.07) is 6.65. The highest BCUT2D eigenvalue weighted by Gasteiger charge is 2.25. The van der Waals surface area contributed by atoms with Crippen LogP contribution < -0.4 is 10.6 Å². The highest BCUT2D eigenvalue weighted by Crippen LogP contribution is 2.25. The number of piperidine rings is 1. The van der Waals surface area contributed by atoms with Gasteiger partial charge < -0.3 is 15.4 Å². The number of carbonyl (C=O) groups excluding carboxylic acids is 1. The fourth-order valence-electron chi connectivity index (χ4n) is 3.17. The minimum atomic E-state index is -0.495. The summed E-state index contributed by atoms with van der Waals surface area (Å²) in [7, 11) is 0. The molecular weight excluding hydrogens is 307 g/mol. The van der Waals surface area contributed by atoms with Gasteiger partial charge in [0.2, 0.25) is 0 Å². The maximum Gasteiger partial charge on any atom is 0.407 e. The van der Waals surface area contributed by atoms with E-state index in [0.29, 0.717) is 18.4 Å². The lowest BCUT2D eigenvalue weighted by Gasteiger charge is -2.31. The fraction of sp³-hybridized carbons (Fsp3) is 0.632. The molecule has 1 heterocycles. The normalized spacial score (nSPS) is 17.3. The number of ether oxygens (including phenoxy) is 1. The molecule has 0 saturated carbocycles. The summed E-state index contributed by atoms with van der Waals surface area (Å²) in [5, 5.41) is 6.29. The SMILES string of the molecule is CC(C)(C)OC(=O)NCC(Cc1ccc(F)cc1)C1CCNCC1. The van der Waals surface area contributed by atoms with Gasteiger partial charge in [-0.1, -0.05) is 12.1 Å². The van der Waals surface area contributed by atoms with E-state index in [0.717, 1.165) is 37.9 Å². The number of halogens is 1. The van der Waals surface area contributed by atoms with Crippen molar-refractivity contribution in [1.29, 1.82) is 0 Å². The van der Waals surface area contributed by atoms with Crippen LogP contribution in [0, 0.1) is 17.7 Å². The van der Waals surface area contributed by atoms with Gasteiger partial charge in [0, 0.05) is 6.54 Å². The van der Waals surface area contributed by atoms with Crippen LogP contribution in [0.2, 0.25) is 0 Å². The quantitative estimate of drug-likeness (QED) is 0.865. The Morgan fingerprint density at radius 1 is 1.29 bits per heavy atom. The van der Waals surface area contributed by atoms with Crippen LogP contribution in [-0.4, -0.2) is 31.3 Å². The van der Waals surface area contributed by atoms with E-state index in [4.69, 9.17) is 4.74 Å². The molecule has 1 aliphatic heterocycles. The summed E-state index contributed by atoms with van der Waals surface area (Å²) >= 11 is 0. The summed E-state index contributed by atoms with van der Waals surface area (Å²) in [5.74, 6) is 0.653. The first-order valence-electron chi connectivity index (χ1n) is 8.75. The third-order valence-electron chi connectivity index (χ3n) is 4.37. The van der Waals surface area contributed by atoms with Crippen molar-refractivity contribution in [1.82, 2.24) is 10.6 Å². The second-order valence-electron chi connectivity index (χ2n) is 7.56. The third kappa shape index (κ3) is 6.48. The van der Waals surface area contributed by atoms with E-state index in [1.165, 1.54) is 12.1 Å². The Morgan fingerprint density at radius 2 is 1.92 bits per heavy atom. The van der Waals surface area contributed by atoms with Crippen molar-refractivity contribution in [2.24, 2.45) is 11.8 Å². The number of hydrogen-bond donors (Lipinski definition) is 2. The first kappa shape index (κ1) is 18.7. The lowest BCUT2D eigenvalue weighted by atomic mass is 9.81. The van der Waals surface area contributed by atoms with E-state index in [1.54, 1.807) is 0 Å². The molecule has 2 rings (SSSR count). The molecule has 0 bridgehead atoms. The molecule has 1 aromatic carbocycles. The maximum absolute atomic E-state index is 13.1. The predicted octanol–water partition coefficient (Wildman–Crippen LogP) is 3.51. The van der Waals surface area contributed by atoms with E-state index >= 15 is 0 Å². The van der Waals surface area contributed by atoms with Crippen molar-refractivity contribution in [3.63, 3.8) is 0 Å². The minimum absolute atomic E-state index is 0.218. The first-order valence-corrected chi connectivity index (χ1v) is 8.75. The van der Waals surface area contributed by atoms with Crippen LogP contribution in [-0.2, 0) is 11.2 Å². The van der Waals surface area contributed by atoms with Crippen molar-refractivity contribution < 1.29 is 13.9 Å². The number of nitrogens with one attached hydrogen (secondary N) is 2. The van der Waals surface area contributed by atoms with Crippen LogP contribution in [0.1, 0.15) is 39.2 Å². The zero-order valence-corrected chi connectivity index (χ0v) is 14.9. The maximum atomic E-state index is 13.1.